The van der Waals surface area contributed by atoms with E-state index in [1.165, 1.54) is 6.26 Å². The van der Waals surface area contributed by atoms with E-state index in [1.807, 2.05) is 24.3 Å². The molecule has 0 aliphatic heterocycles. The van der Waals surface area contributed by atoms with E-state index >= 15 is 0 Å². The van der Waals surface area contributed by atoms with Crippen LogP contribution in [0.2, 0.25) is 0 Å². The van der Waals surface area contributed by atoms with Gasteiger partial charge in [0.05, 0.1) is 6.26 Å². The summed E-state index contributed by atoms with van der Waals surface area (Å²) in [6, 6.07) is 17.7. The Morgan fingerprint density at radius 1 is 0.857 bits per heavy atom. The largest absolute Gasteiger partial charge is 0.459 e. The molecule has 3 rings (SSSR count). The number of hydrogen-bond donors (Lipinski definition) is 2. The third kappa shape index (κ3) is 4.59. The monoisotopic (exact) mass is 377 g/mol. The number of nitrogens with zero attached hydrogens (tertiary/aromatic N) is 1. The summed E-state index contributed by atoms with van der Waals surface area (Å²) in [6.45, 7) is 6.07. The maximum absolute atomic E-state index is 12.6. The molecular weight excluding hydrogens is 354 g/mol. The van der Waals surface area contributed by atoms with Gasteiger partial charge in [-0.2, -0.15) is 0 Å². The molecule has 2 amide bonds. The Labute approximate surface area is 164 Å². The summed E-state index contributed by atoms with van der Waals surface area (Å²) < 4.78 is 5.07. The number of amides is 2. The average Bonchev–Trinajstić information content (AvgIpc) is 3.25. The van der Waals surface area contributed by atoms with Crippen LogP contribution in [0.3, 0.4) is 0 Å². The van der Waals surface area contributed by atoms with E-state index in [0.717, 1.165) is 18.8 Å². The minimum Gasteiger partial charge on any atom is -0.459 e. The van der Waals surface area contributed by atoms with Crippen LogP contribution in [-0.4, -0.2) is 24.9 Å². The summed E-state index contributed by atoms with van der Waals surface area (Å²) >= 11 is 0. The fourth-order valence-electron chi connectivity index (χ4n) is 2.89. The Balaban J connectivity index is 1.67. The summed E-state index contributed by atoms with van der Waals surface area (Å²) in [7, 11) is 0. The van der Waals surface area contributed by atoms with Crippen molar-refractivity contribution >= 4 is 28.9 Å². The first kappa shape index (κ1) is 19.2. The highest BCUT2D eigenvalue weighted by atomic mass is 16.3. The third-order valence-corrected chi connectivity index (χ3v) is 4.38. The van der Waals surface area contributed by atoms with Gasteiger partial charge in [0, 0.05) is 35.7 Å². The molecule has 0 fully saturated rings. The zero-order chi connectivity index (χ0) is 19.9. The lowest BCUT2D eigenvalue weighted by atomic mass is 10.1. The Morgan fingerprint density at radius 2 is 1.57 bits per heavy atom. The van der Waals surface area contributed by atoms with Crippen LogP contribution >= 0.6 is 0 Å². The second-order valence-electron chi connectivity index (χ2n) is 6.19. The van der Waals surface area contributed by atoms with Gasteiger partial charge in [0.1, 0.15) is 0 Å². The molecule has 0 radical (unpaired) electrons. The zero-order valence-electron chi connectivity index (χ0n) is 15.9. The second-order valence-corrected chi connectivity index (χ2v) is 6.19. The topological polar surface area (TPSA) is 74.6 Å². The van der Waals surface area contributed by atoms with Gasteiger partial charge in [-0.3, -0.25) is 9.59 Å². The molecule has 0 saturated carbocycles. The predicted molar refractivity (Wildman–Crippen MR) is 111 cm³/mol. The molecule has 0 aliphatic rings. The molecule has 0 atom stereocenters. The molecule has 144 valence electrons. The fraction of sp³-hybridized carbons (Fsp3) is 0.182. The van der Waals surface area contributed by atoms with E-state index in [-0.39, 0.29) is 17.6 Å². The van der Waals surface area contributed by atoms with Gasteiger partial charge in [-0.15, -0.1) is 0 Å². The SMILES string of the molecule is CCN(CC)c1ccc(NC(=O)c2cccc(NC(=O)c3ccco3)c2)cc1. The minimum atomic E-state index is -0.366. The van der Waals surface area contributed by atoms with Gasteiger partial charge in [-0.25, -0.2) is 0 Å². The fourth-order valence-corrected chi connectivity index (χ4v) is 2.89. The van der Waals surface area contributed by atoms with E-state index in [1.54, 1.807) is 36.4 Å². The smallest absolute Gasteiger partial charge is 0.291 e. The van der Waals surface area contributed by atoms with Crippen molar-refractivity contribution in [2.24, 2.45) is 0 Å². The number of hydrogen-bond acceptors (Lipinski definition) is 4. The molecule has 0 bridgehead atoms. The number of carbonyl (C=O) groups is 2. The molecule has 2 aromatic carbocycles. The molecule has 28 heavy (non-hydrogen) atoms. The summed E-state index contributed by atoms with van der Waals surface area (Å²) in [5, 5.41) is 5.60. The van der Waals surface area contributed by atoms with Crippen LogP contribution in [0.25, 0.3) is 0 Å². The highest BCUT2D eigenvalue weighted by Crippen LogP contribution is 2.19. The van der Waals surface area contributed by atoms with Crippen LogP contribution in [0.5, 0.6) is 0 Å². The molecule has 0 unspecified atom stereocenters. The normalized spacial score (nSPS) is 10.4. The maximum Gasteiger partial charge on any atom is 0.291 e. The standard InChI is InChI=1S/C22H23N3O3/c1-3-25(4-2)19-12-10-17(11-13-19)23-21(26)16-7-5-8-18(15-16)24-22(27)20-9-6-14-28-20/h5-15H,3-4H2,1-2H3,(H,23,26)(H,24,27). The lowest BCUT2D eigenvalue weighted by Gasteiger charge is -2.21. The number of rotatable bonds is 7. The van der Waals surface area contributed by atoms with Crippen molar-refractivity contribution < 1.29 is 14.0 Å². The molecule has 0 spiro atoms. The van der Waals surface area contributed by atoms with Gasteiger partial charge in [-0.05, 0) is 68.4 Å². The quantitative estimate of drug-likeness (QED) is 0.629. The van der Waals surface area contributed by atoms with Gasteiger partial charge in [0.15, 0.2) is 5.76 Å². The highest BCUT2D eigenvalue weighted by Gasteiger charge is 2.11. The second kappa shape index (κ2) is 8.90. The molecule has 6 heteroatoms. The lowest BCUT2D eigenvalue weighted by molar-refractivity contribution is 0.0993. The van der Waals surface area contributed by atoms with E-state index in [0.29, 0.717) is 16.9 Å². The Kier molecular flexibility index (Phi) is 6.11. The molecule has 0 saturated heterocycles. The third-order valence-electron chi connectivity index (χ3n) is 4.38. The van der Waals surface area contributed by atoms with Gasteiger partial charge >= 0.3 is 0 Å². The van der Waals surface area contributed by atoms with Crippen molar-refractivity contribution in [3.63, 3.8) is 0 Å². The van der Waals surface area contributed by atoms with Crippen LogP contribution in [0.4, 0.5) is 17.1 Å². The minimum absolute atomic E-state index is 0.211. The van der Waals surface area contributed by atoms with Crippen LogP contribution < -0.4 is 15.5 Å². The number of anilines is 3. The van der Waals surface area contributed by atoms with Gasteiger partial charge in [0.25, 0.3) is 11.8 Å². The highest BCUT2D eigenvalue weighted by molar-refractivity contribution is 6.06. The van der Waals surface area contributed by atoms with E-state index < -0.39 is 0 Å². The summed E-state index contributed by atoms with van der Waals surface area (Å²) in [5.41, 5.74) is 2.80. The summed E-state index contributed by atoms with van der Waals surface area (Å²) in [5.74, 6) is -0.401. The van der Waals surface area contributed by atoms with Gasteiger partial charge in [0.2, 0.25) is 0 Å². The molecule has 6 nitrogen and oxygen atoms in total. The van der Waals surface area contributed by atoms with Crippen molar-refractivity contribution in [2.75, 3.05) is 28.6 Å². The number of carbonyl (C=O) groups excluding carboxylic acids is 2. The van der Waals surface area contributed by atoms with Gasteiger partial charge < -0.3 is 20.0 Å². The van der Waals surface area contributed by atoms with E-state index in [9.17, 15) is 9.59 Å². The molecule has 2 N–H and O–H groups in total. The molecule has 1 aromatic heterocycles. The first-order valence-corrected chi connectivity index (χ1v) is 9.22. The number of benzene rings is 2. The Hall–Kier alpha value is -3.54. The van der Waals surface area contributed by atoms with Gasteiger partial charge in [-0.1, -0.05) is 6.07 Å². The van der Waals surface area contributed by atoms with Crippen LogP contribution in [0.15, 0.2) is 71.3 Å². The van der Waals surface area contributed by atoms with Crippen molar-refractivity contribution in [2.45, 2.75) is 13.8 Å². The maximum atomic E-state index is 12.6. The Bertz CT molecular complexity index is 930. The van der Waals surface area contributed by atoms with E-state index in [4.69, 9.17) is 4.42 Å². The zero-order valence-corrected chi connectivity index (χ0v) is 15.9. The van der Waals surface area contributed by atoms with Crippen LogP contribution in [-0.2, 0) is 0 Å². The van der Waals surface area contributed by atoms with Crippen molar-refractivity contribution in [1.29, 1.82) is 0 Å². The van der Waals surface area contributed by atoms with Crippen molar-refractivity contribution in [1.82, 2.24) is 0 Å². The number of nitrogens with one attached hydrogen (secondary N) is 2. The van der Waals surface area contributed by atoms with Crippen LogP contribution in [0, 0.1) is 0 Å². The summed E-state index contributed by atoms with van der Waals surface area (Å²) in [4.78, 5) is 26.9. The van der Waals surface area contributed by atoms with E-state index in [2.05, 4.69) is 29.4 Å². The number of furan rings is 1. The van der Waals surface area contributed by atoms with Crippen LogP contribution in [0.1, 0.15) is 34.8 Å². The first-order valence-electron chi connectivity index (χ1n) is 9.22. The van der Waals surface area contributed by atoms with Crippen molar-refractivity contribution in [3.8, 4) is 0 Å². The Morgan fingerprint density at radius 3 is 2.21 bits per heavy atom. The summed E-state index contributed by atoms with van der Waals surface area (Å²) in [6.07, 6.45) is 1.43. The average molecular weight is 377 g/mol. The van der Waals surface area contributed by atoms with Crippen molar-refractivity contribution in [3.05, 3.63) is 78.3 Å². The lowest BCUT2D eigenvalue weighted by Crippen LogP contribution is -2.21. The molecular formula is C22H23N3O3. The molecule has 1 heterocycles. The predicted octanol–water partition coefficient (Wildman–Crippen LogP) is 4.63. The first-order chi connectivity index (χ1) is 13.6. The molecule has 3 aromatic rings. The molecule has 0 aliphatic carbocycles.